The van der Waals surface area contributed by atoms with E-state index in [-0.39, 0.29) is 36.7 Å². The molecule has 0 aliphatic carbocycles. The third-order valence-corrected chi connectivity index (χ3v) is 8.35. The van der Waals surface area contributed by atoms with Gasteiger partial charge in [-0.3, -0.25) is 14.6 Å². The zero-order valence-corrected chi connectivity index (χ0v) is 25.7. The monoisotopic (exact) mass is 609 g/mol. The number of rotatable bonds is 11. The van der Waals surface area contributed by atoms with Gasteiger partial charge in [-0.15, -0.1) is 12.4 Å². The molecule has 0 aromatic heterocycles. The van der Waals surface area contributed by atoms with Crippen molar-refractivity contribution in [1.29, 1.82) is 0 Å². The number of carbonyl (C=O) groups is 2. The van der Waals surface area contributed by atoms with Gasteiger partial charge in [0.1, 0.15) is 11.9 Å². The van der Waals surface area contributed by atoms with Crippen LogP contribution in [0.4, 0.5) is 0 Å². The molecule has 2 aliphatic heterocycles. The summed E-state index contributed by atoms with van der Waals surface area (Å²) >= 11 is 0. The van der Waals surface area contributed by atoms with E-state index in [1.807, 2.05) is 71.6 Å². The van der Waals surface area contributed by atoms with Gasteiger partial charge >= 0.3 is 0 Å². The second-order valence-electron chi connectivity index (χ2n) is 11.4. The highest BCUT2D eigenvalue weighted by Crippen LogP contribution is 2.21. The Morgan fingerprint density at radius 1 is 0.841 bits per heavy atom. The summed E-state index contributed by atoms with van der Waals surface area (Å²) in [6, 6.07) is 32.2. The summed E-state index contributed by atoms with van der Waals surface area (Å²) in [6.07, 6.45) is 2.68. The third kappa shape index (κ3) is 7.84. The number of carbonyl (C=O) groups excluding carboxylic acids is 2. The van der Waals surface area contributed by atoms with Gasteiger partial charge in [-0.2, -0.15) is 0 Å². The number of nitrogens with zero attached hydrogens (tertiary/aromatic N) is 2. The predicted octanol–water partition coefficient (Wildman–Crippen LogP) is 5.18. The molecule has 0 bridgehead atoms. The molecule has 2 amide bonds. The lowest BCUT2D eigenvalue weighted by atomic mass is 10.0. The zero-order valence-electron chi connectivity index (χ0n) is 24.9. The average molecular weight is 610 g/mol. The van der Waals surface area contributed by atoms with Crippen LogP contribution >= 0.6 is 12.4 Å². The molecular formula is C36H40ClN5O2. The summed E-state index contributed by atoms with van der Waals surface area (Å²) in [4.78, 5) is 33.6. The van der Waals surface area contributed by atoms with Crippen LogP contribution in [0.1, 0.15) is 47.6 Å². The molecule has 0 saturated carbocycles. The van der Waals surface area contributed by atoms with Crippen LogP contribution in [-0.4, -0.2) is 54.8 Å². The number of hydrogen-bond donors (Lipinski definition) is 3. The Morgan fingerprint density at radius 3 is 2.27 bits per heavy atom. The number of amidine groups is 1. The molecule has 44 heavy (non-hydrogen) atoms. The first-order chi connectivity index (χ1) is 21.1. The number of benzene rings is 4. The fourth-order valence-electron chi connectivity index (χ4n) is 6.01. The van der Waals surface area contributed by atoms with Gasteiger partial charge in [0.15, 0.2) is 0 Å². The first kappa shape index (κ1) is 31.2. The van der Waals surface area contributed by atoms with Gasteiger partial charge < -0.3 is 20.9 Å². The van der Waals surface area contributed by atoms with Crippen LogP contribution in [-0.2, 0) is 22.6 Å². The molecule has 2 unspecified atom stereocenters. The highest BCUT2D eigenvalue weighted by Gasteiger charge is 2.29. The van der Waals surface area contributed by atoms with E-state index in [2.05, 4.69) is 51.3 Å². The SMILES string of the molecule is Cl.O=C(CC(NCc1ccc2ccccc2c1)c1ccccc1)NC(Cc1ccc(C2=NCCN2)cc1)C(=O)N1CCCC1. The maximum atomic E-state index is 13.6. The van der Waals surface area contributed by atoms with E-state index in [9.17, 15) is 9.59 Å². The lowest BCUT2D eigenvalue weighted by Gasteiger charge is -2.26. The van der Waals surface area contributed by atoms with E-state index in [1.165, 1.54) is 10.8 Å². The zero-order chi connectivity index (χ0) is 29.4. The molecule has 1 fully saturated rings. The minimum atomic E-state index is -0.615. The first-order valence-corrected chi connectivity index (χ1v) is 15.3. The van der Waals surface area contributed by atoms with Crippen LogP contribution in [0.2, 0.25) is 0 Å². The Bertz CT molecular complexity index is 1590. The fourth-order valence-corrected chi connectivity index (χ4v) is 6.01. The third-order valence-electron chi connectivity index (χ3n) is 8.35. The van der Waals surface area contributed by atoms with Gasteiger partial charge in [-0.25, -0.2) is 0 Å². The number of nitrogens with one attached hydrogen (secondary N) is 3. The molecule has 2 atom stereocenters. The second kappa shape index (κ2) is 15.0. The summed E-state index contributed by atoms with van der Waals surface area (Å²) in [7, 11) is 0. The topological polar surface area (TPSA) is 85.8 Å². The Labute approximate surface area is 265 Å². The van der Waals surface area contributed by atoms with Crippen LogP contribution in [0.3, 0.4) is 0 Å². The maximum absolute atomic E-state index is 13.6. The highest BCUT2D eigenvalue weighted by atomic mass is 35.5. The van der Waals surface area contributed by atoms with E-state index in [0.29, 0.717) is 13.0 Å². The van der Waals surface area contributed by atoms with Crippen molar-refractivity contribution >= 4 is 40.8 Å². The van der Waals surface area contributed by atoms with E-state index in [1.54, 1.807) is 0 Å². The number of hydrogen-bond acceptors (Lipinski definition) is 5. The largest absolute Gasteiger partial charge is 0.368 e. The Kier molecular flexibility index (Phi) is 10.6. The van der Waals surface area contributed by atoms with Crippen molar-refractivity contribution in [1.82, 2.24) is 20.9 Å². The molecule has 4 aromatic rings. The predicted molar refractivity (Wildman–Crippen MR) is 179 cm³/mol. The number of aliphatic imine (C=N–C) groups is 1. The highest BCUT2D eigenvalue weighted by molar-refractivity contribution is 5.99. The minimum absolute atomic E-state index is 0. The second-order valence-corrected chi connectivity index (χ2v) is 11.4. The fraction of sp³-hybridized carbons (Fsp3) is 0.306. The molecule has 2 aliphatic rings. The maximum Gasteiger partial charge on any atom is 0.245 e. The van der Waals surface area contributed by atoms with E-state index in [4.69, 9.17) is 0 Å². The van der Waals surface area contributed by atoms with Crippen molar-refractivity contribution < 1.29 is 9.59 Å². The van der Waals surface area contributed by atoms with Crippen molar-refractivity contribution in [2.45, 2.75) is 44.3 Å². The normalized spacial score (nSPS) is 15.6. The number of likely N-dealkylation sites (tertiary alicyclic amines) is 1. The van der Waals surface area contributed by atoms with Gasteiger partial charge in [-0.05, 0) is 46.4 Å². The first-order valence-electron chi connectivity index (χ1n) is 15.3. The molecule has 7 nitrogen and oxygen atoms in total. The Hall–Kier alpha value is -4.20. The van der Waals surface area contributed by atoms with Crippen molar-refractivity contribution in [3.8, 4) is 0 Å². The molecule has 8 heteroatoms. The minimum Gasteiger partial charge on any atom is -0.368 e. The van der Waals surface area contributed by atoms with E-state index < -0.39 is 6.04 Å². The van der Waals surface area contributed by atoms with Crippen LogP contribution < -0.4 is 16.0 Å². The van der Waals surface area contributed by atoms with Crippen molar-refractivity contribution in [2.75, 3.05) is 26.2 Å². The molecule has 0 radical (unpaired) electrons. The average Bonchev–Trinajstić information content (AvgIpc) is 3.79. The van der Waals surface area contributed by atoms with Crippen LogP contribution in [0.15, 0.2) is 102 Å². The number of amides is 2. The van der Waals surface area contributed by atoms with Crippen molar-refractivity contribution in [3.63, 3.8) is 0 Å². The van der Waals surface area contributed by atoms with Crippen molar-refractivity contribution in [3.05, 3.63) is 119 Å². The molecule has 228 valence electrons. The van der Waals surface area contributed by atoms with Gasteiger partial charge in [-0.1, -0.05) is 91.0 Å². The van der Waals surface area contributed by atoms with Crippen LogP contribution in [0.5, 0.6) is 0 Å². The van der Waals surface area contributed by atoms with Gasteiger partial charge in [0.2, 0.25) is 11.8 Å². The molecule has 2 heterocycles. The van der Waals surface area contributed by atoms with Crippen LogP contribution in [0.25, 0.3) is 10.8 Å². The molecule has 1 saturated heterocycles. The number of halogens is 1. The Morgan fingerprint density at radius 2 is 1.55 bits per heavy atom. The molecule has 6 rings (SSSR count). The van der Waals surface area contributed by atoms with Gasteiger partial charge in [0, 0.05) is 50.6 Å². The Balaban J connectivity index is 0.00000384. The summed E-state index contributed by atoms with van der Waals surface area (Å²) < 4.78 is 0. The molecule has 3 N–H and O–H groups in total. The van der Waals surface area contributed by atoms with Crippen molar-refractivity contribution in [2.24, 2.45) is 4.99 Å². The molecule has 4 aromatic carbocycles. The number of fused-ring (bicyclic) bond motifs is 1. The smallest absolute Gasteiger partial charge is 0.245 e. The summed E-state index contributed by atoms with van der Waals surface area (Å²) in [6.45, 7) is 3.76. The van der Waals surface area contributed by atoms with Gasteiger partial charge in [0.25, 0.3) is 0 Å². The molecular weight excluding hydrogens is 570 g/mol. The standard InChI is InChI=1S/C36H39N5O2.ClH/c42-34(24-32(29-9-2-1-3-10-29)39-25-27-14-15-28-8-4-5-11-31(28)22-27)40-33(36(43)41-20-6-7-21-41)23-26-12-16-30(17-13-26)35-37-18-19-38-35;/h1-5,8-17,22,32-33,39H,6-7,18-21,23-25H2,(H,37,38)(H,40,42);1H. The van der Waals surface area contributed by atoms with E-state index in [0.717, 1.165) is 67.1 Å². The van der Waals surface area contributed by atoms with Crippen LogP contribution in [0, 0.1) is 0 Å². The van der Waals surface area contributed by atoms with E-state index >= 15 is 0 Å². The molecule has 0 spiro atoms. The lowest BCUT2D eigenvalue weighted by molar-refractivity contribution is -0.135. The lowest BCUT2D eigenvalue weighted by Crippen LogP contribution is -2.49. The summed E-state index contributed by atoms with van der Waals surface area (Å²) in [5.41, 5.74) is 4.24. The summed E-state index contributed by atoms with van der Waals surface area (Å²) in [5, 5.41) is 12.4. The quantitative estimate of drug-likeness (QED) is 0.219. The summed E-state index contributed by atoms with van der Waals surface area (Å²) in [5.74, 6) is 0.767. The van der Waals surface area contributed by atoms with Gasteiger partial charge in [0.05, 0.1) is 6.54 Å².